The Morgan fingerprint density at radius 2 is 1.95 bits per heavy atom. The maximum Gasteiger partial charge on any atom is 0.170 e. The van der Waals surface area contributed by atoms with Crippen molar-refractivity contribution >= 4 is 5.84 Å². The molecular weight excluding hydrogens is 271 g/mol. The van der Waals surface area contributed by atoms with E-state index in [4.69, 9.17) is 15.7 Å². The standard InChI is InChI=1S/C16H17FN2O2/c1-10-3-6-14(8-15(10)17)21-9-13-5-4-12(7-11(13)2)16(18)19-20/h3-8,20H,9H2,1-2H3,(H2,18,19). The van der Waals surface area contributed by atoms with Crippen molar-refractivity contribution in [2.24, 2.45) is 10.9 Å². The van der Waals surface area contributed by atoms with Crippen LogP contribution in [0.2, 0.25) is 0 Å². The zero-order chi connectivity index (χ0) is 15.4. The first kappa shape index (κ1) is 14.8. The van der Waals surface area contributed by atoms with Crippen LogP contribution < -0.4 is 10.5 Å². The monoisotopic (exact) mass is 288 g/mol. The molecule has 0 amide bonds. The van der Waals surface area contributed by atoms with E-state index in [1.54, 1.807) is 25.1 Å². The molecule has 0 saturated heterocycles. The quantitative estimate of drug-likeness (QED) is 0.393. The van der Waals surface area contributed by atoms with Crippen LogP contribution >= 0.6 is 0 Å². The highest BCUT2D eigenvalue weighted by Gasteiger charge is 2.05. The summed E-state index contributed by atoms with van der Waals surface area (Å²) in [5, 5.41) is 11.6. The molecule has 0 atom stereocenters. The molecular formula is C16H17FN2O2. The van der Waals surface area contributed by atoms with E-state index in [1.807, 2.05) is 19.1 Å². The van der Waals surface area contributed by atoms with Gasteiger partial charge < -0.3 is 15.7 Å². The molecule has 4 nitrogen and oxygen atoms in total. The second-order valence-electron chi connectivity index (χ2n) is 4.83. The van der Waals surface area contributed by atoms with Gasteiger partial charge in [-0.1, -0.05) is 23.4 Å². The number of nitrogens with two attached hydrogens (primary N) is 1. The molecule has 0 spiro atoms. The highest BCUT2D eigenvalue weighted by atomic mass is 19.1. The van der Waals surface area contributed by atoms with Crippen LogP contribution in [0.1, 0.15) is 22.3 Å². The lowest BCUT2D eigenvalue weighted by Crippen LogP contribution is -2.13. The molecule has 0 saturated carbocycles. The summed E-state index contributed by atoms with van der Waals surface area (Å²) < 4.78 is 19.0. The first-order valence-electron chi connectivity index (χ1n) is 6.47. The third-order valence-corrected chi connectivity index (χ3v) is 3.28. The highest BCUT2D eigenvalue weighted by molar-refractivity contribution is 5.97. The van der Waals surface area contributed by atoms with Crippen LogP contribution in [0, 0.1) is 19.7 Å². The summed E-state index contributed by atoms with van der Waals surface area (Å²) in [6, 6.07) is 10.2. The fourth-order valence-corrected chi connectivity index (χ4v) is 1.90. The number of ether oxygens (including phenoxy) is 1. The van der Waals surface area contributed by atoms with E-state index in [0.717, 1.165) is 11.1 Å². The van der Waals surface area contributed by atoms with Gasteiger partial charge in [0.2, 0.25) is 0 Å². The largest absolute Gasteiger partial charge is 0.489 e. The first-order chi connectivity index (χ1) is 10.0. The lowest BCUT2D eigenvalue weighted by atomic mass is 10.1. The second kappa shape index (κ2) is 6.26. The van der Waals surface area contributed by atoms with Gasteiger partial charge in [0.15, 0.2) is 5.84 Å². The zero-order valence-corrected chi connectivity index (χ0v) is 11.9. The van der Waals surface area contributed by atoms with Crippen LogP contribution in [0.3, 0.4) is 0 Å². The maximum atomic E-state index is 13.4. The van der Waals surface area contributed by atoms with Gasteiger partial charge in [-0.05, 0) is 42.7 Å². The van der Waals surface area contributed by atoms with Crippen molar-refractivity contribution in [3.63, 3.8) is 0 Å². The summed E-state index contributed by atoms with van der Waals surface area (Å²) in [4.78, 5) is 0. The summed E-state index contributed by atoms with van der Waals surface area (Å²) in [5.41, 5.74) is 8.66. The molecule has 5 heteroatoms. The van der Waals surface area contributed by atoms with E-state index in [-0.39, 0.29) is 11.7 Å². The Hall–Kier alpha value is -2.56. The molecule has 0 aliphatic rings. The van der Waals surface area contributed by atoms with Gasteiger partial charge >= 0.3 is 0 Å². The average Bonchev–Trinajstić information content (AvgIpc) is 2.48. The Morgan fingerprint density at radius 3 is 2.57 bits per heavy atom. The van der Waals surface area contributed by atoms with Crippen LogP contribution in [-0.2, 0) is 6.61 Å². The van der Waals surface area contributed by atoms with Gasteiger partial charge in [-0.15, -0.1) is 0 Å². The molecule has 0 aromatic heterocycles. The molecule has 3 N–H and O–H groups in total. The fraction of sp³-hybridized carbons (Fsp3) is 0.188. The van der Waals surface area contributed by atoms with E-state index >= 15 is 0 Å². The van der Waals surface area contributed by atoms with Crippen molar-refractivity contribution in [2.45, 2.75) is 20.5 Å². The highest BCUT2D eigenvalue weighted by Crippen LogP contribution is 2.19. The van der Waals surface area contributed by atoms with E-state index in [9.17, 15) is 4.39 Å². The Kier molecular flexibility index (Phi) is 4.42. The van der Waals surface area contributed by atoms with Crippen molar-refractivity contribution < 1.29 is 14.3 Å². The zero-order valence-electron chi connectivity index (χ0n) is 11.9. The number of rotatable bonds is 4. The Labute approximate surface area is 122 Å². The number of nitrogens with zero attached hydrogens (tertiary/aromatic N) is 1. The molecule has 110 valence electrons. The van der Waals surface area contributed by atoms with Gasteiger partial charge in [-0.2, -0.15) is 0 Å². The van der Waals surface area contributed by atoms with Gasteiger partial charge in [0.25, 0.3) is 0 Å². The summed E-state index contributed by atoms with van der Waals surface area (Å²) in [6.45, 7) is 3.93. The van der Waals surface area contributed by atoms with Gasteiger partial charge in [0.05, 0.1) is 0 Å². The maximum absolute atomic E-state index is 13.4. The molecule has 0 bridgehead atoms. The van der Waals surface area contributed by atoms with Crippen LogP contribution in [-0.4, -0.2) is 11.0 Å². The van der Waals surface area contributed by atoms with Crippen molar-refractivity contribution in [2.75, 3.05) is 0 Å². The molecule has 0 unspecified atom stereocenters. The van der Waals surface area contributed by atoms with Crippen LogP contribution in [0.4, 0.5) is 4.39 Å². The molecule has 0 radical (unpaired) electrons. The molecule has 0 aliphatic heterocycles. The van der Waals surface area contributed by atoms with Crippen molar-refractivity contribution in [3.05, 3.63) is 64.5 Å². The number of amidine groups is 1. The minimum absolute atomic E-state index is 0.0613. The third kappa shape index (κ3) is 3.51. The summed E-state index contributed by atoms with van der Waals surface area (Å²) in [7, 11) is 0. The smallest absolute Gasteiger partial charge is 0.170 e. The SMILES string of the molecule is Cc1ccc(OCc2ccc(/C(N)=N/O)cc2C)cc1F. The molecule has 21 heavy (non-hydrogen) atoms. The van der Waals surface area contributed by atoms with Gasteiger partial charge in [-0.3, -0.25) is 0 Å². The van der Waals surface area contributed by atoms with Crippen molar-refractivity contribution in [1.29, 1.82) is 0 Å². The number of oxime groups is 1. The van der Waals surface area contributed by atoms with E-state index in [0.29, 0.717) is 23.5 Å². The normalized spacial score (nSPS) is 11.5. The Morgan fingerprint density at radius 1 is 1.19 bits per heavy atom. The van der Waals surface area contributed by atoms with Crippen LogP contribution in [0.25, 0.3) is 0 Å². The van der Waals surface area contributed by atoms with E-state index < -0.39 is 0 Å². The van der Waals surface area contributed by atoms with E-state index in [2.05, 4.69) is 5.16 Å². The Balaban J connectivity index is 2.11. The van der Waals surface area contributed by atoms with Crippen LogP contribution in [0.15, 0.2) is 41.6 Å². The molecule has 2 aromatic rings. The Bertz CT molecular complexity index is 684. The average molecular weight is 288 g/mol. The van der Waals surface area contributed by atoms with Crippen molar-refractivity contribution in [1.82, 2.24) is 0 Å². The second-order valence-corrected chi connectivity index (χ2v) is 4.83. The summed E-state index contributed by atoms with van der Waals surface area (Å²) >= 11 is 0. The lowest BCUT2D eigenvalue weighted by molar-refractivity contribution is 0.303. The summed E-state index contributed by atoms with van der Waals surface area (Å²) in [5.74, 6) is 0.260. The fourth-order valence-electron chi connectivity index (χ4n) is 1.90. The minimum Gasteiger partial charge on any atom is -0.489 e. The molecule has 0 aliphatic carbocycles. The predicted molar refractivity (Wildman–Crippen MR) is 79.2 cm³/mol. The number of benzene rings is 2. The van der Waals surface area contributed by atoms with Crippen LogP contribution in [0.5, 0.6) is 5.75 Å². The number of halogens is 1. The van der Waals surface area contributed by atoms with Crippen molar-refractivity contribution in [3.8, 4) is 5.75 Å². The topological polar surface area (TPSA) is 67.8 Å². The van der Waals surface area contributed by atoms with E-state index in [1.165, 1.54) is 6.07 Å². The predicted octanol–water partition coefficient (Wildman–Crippen LogP) is 3.12. The first-order valence-corrected chi connectivity index (χ1v) is 6.47. The molecule has 0 heterocycles. The number of aryl methyl sites for hydroxylation is 2. The number of hydrogen-bond acceptors (Lipinski definition) is 3. The lowest BCUT2D eigenvalue weighted by Gasteiger charge is -2.10. The molecule has 2 aromatic carbocycles. The molecule has 0 fully saturated rings. The van der Waals surface area contributed by atoms with Gasteiger partial charge in [-0.25, -0.2) is 4.39 Å². The number of hydrogen-bond donors (Lipinski definition) is 2. The molecule has 2 rings (SSSR count). The van der Waals surface area contributed by atoms with Gasteiger partial charge in [0, 0.05) is 11.6 Å². The summed E-state index contributed by atoms with van der Waals surface area (Å²) in [6.07, 6.45) is 0. The third-order valence-electron chi connectivity index (χ3n) is 3.28. The van der Waals surface area contributed by atoms with Gasteiger partial charge in [0.1, 0.15) is 18.2 Å². The minimum atomic E-state index is -0.286.